The van der Waals surface area contributed by atoms with Gasteiger partial charge in [0.1, 0.15) is 12.4 Å². The Hall–Kier alpha value is -3.14. The lowest BCUT2D eigenvalue weighted by Crippen LogP contribution is -2.27. The normalized spacial score (nSPS) is 11.1. The maximum atomic E-state index is 12.4. The van der Waals surface area contributed by atoms with Crippen LogP contribution in [0.4, 0.5) is 0 Å². The van der Waals surface area contributed by atoms with E-state index in [1.54, 1.807) is 0 Å². The molecule has 0 atom stereocenters. The van der Waals surface area contributed by atoms with E-state index in [0.29, 0.717) is 6.54 Å². The third-order valence-electron chi connectivity index (χ3n) is 4.45. The number of aryl methyl sites for hydroxylation is 1. The van der Waals surface area contributed by atoms with Gasteiger partial charge in [-0.05, 0) is 41.5 Å². The van der Waals surface area contributed by atoms with Gasteiger partial charge in [0.25, 0.3) is 0 Å². The van der Waals surface area contributed by atoms with E-state index in [-0.39, 0.29) is 12.5 Å². The quantitative estimate of drug-likeness (QED) is 0.619. The van der Waals surface area contributed by atoms with Crippen molar-refractivity contribution in [2.75, 3.05) is 0 Å². The Kier molecular flexibility index (Phi) is 3.94. The predicted molar refractivity (Wildman–Crippen MR) is 100 cm³/mol. The molecular formula is C21H19N3O. The largest absolute Gasteiger partial charge is 0.350 e. The molecule has 0 aliphatic rings. The number of rotatable bonds is 4. The van der Waals surface area contributed by atoms with E-state index in [1.165, 1.54) is 10.8 Å². The summed E-state index contributed by atoms with van der Waals surface area (Å²) in [6.07, 6.45) is 0. The lowest BCUT2D eigenvalue weighted by atomic mass is 10.1. The molecule has 1 heterocycles. The van der Waals surface area contributed by atoms with Crippen LogP contribution < -0.4 is 5.32 Å². The van der Waals surface area contributed by atoms with E-state index in [2.05, 4.69) is 40.6 Å². The zero-order chi connectivity index (χ0) is 17.2. The van der Waals surface area contributed by atoms with Crippen molar-refractivity contribution in [3.8, 4) is 0 Å². The first kappa shape index (κ1) is 15.4. The highest BCUT2D eigenvalue weighted by atomic mass is 16.1. The number of para-hydroxylation sites is 2. The van der Waals surface area contributed by atoms with E-state index in [9.17, 15) is 4.79 Å². The first-order valence-electron chi connectivity index (χ1n) is 8.37. The van der Waals surface area contributed by atoms with Crippen molar-refractivity contribution in [3.63, 3.8) is 0 Å². The smallest absolute Gasteiger partial charge is 0.240 e. The third kappa shape index (κ3) is 3.11. The van der Waals surface area contributed by atoms with Crippen molar-refractivity contribution in [1.82, 2.24) is 14.9 Å². The monoisotopic (exact) mass is 329 g/mol. The Labute approximate surface area is 146 Å². The third-order valence-corrected chi connectivity index (χ3v) is 4.45. The minimum Gasteiger partial charge on any atom is -0.350 e. The lowest BCUT2D eigenvalue weighted by Gasteiger charge is -2.09. The number of imidazole rings is 1. The van der Waals surface area contributed by atoms with Crippen LogP contribution in [-0.4, -0.2) is 15.5 Å². The number of hydrogen-bond acceptors (Lipinski definition) is 2. The maximum absolute atomic E-state index is 12.4. The van der Waals surface area contributed by atoms with Crippen molar-refractivity contribution in [2.24, 2.45) is 0 Å². The van der Waals surface area contributed by atoms with E-state index in [1.807, 2.05) is 47.9 Å². The van der Waals surface area contributed by atoms with Gasteiger partial charge < -0.3 is 9.88 Å². The number of amides is 1. The van der Waals surface area contributed by atoms with Crippen molar-refractivity contribution in [2.45, 2.75) is 20.0 Å². The zero-order valence-corrected chi connectivity index (χ0v) is 14.1. The van der Waals surface area contributed by atoms with Crippen LogP contribution in [-0.2, 0) is 17.9 Å². The average Bonchev–Trinajstić information content (AvgIpc) is 2.95. The van der Waals surface area contributed by atoms with Crippen LogP contribution in [0.1, 0.15) is 11.4 Å². The molecule has 4 aromatic rings. The zero-order valence-electron chi connectivity index (χ0n) is 14.1. The van der Waals surface area contributed by atoms with Crippen LogP contribution in [0.15, 0.2) is 66.7 Å². The fraction of sp³-hybridized carbons (Fsp3) is 0.143. The second-order valence-electron chi connectivity index (χ2n) is 6.19. The van der Waals surface area contributed by atoms with Gasteiger partial charge in [-0.25, -0.2) is 4.98 Å². The summed E-state index contributed by atoms with van der Waals surface area (Å²) in [5.41, 5.74) is 3.00. The second kappa shape index (κ2) is 6.40. The molecule has 25 heavy (non-hydrogen) atoms. The average molecular weight is 329 g/mol. The van der Waals surface area contributed by atoms with Gasteiger partial charge >= 0.3 is 0 Å². The number of hydrogen-bond donors (Lipinski definition) is 1. The van der Waals surface area contributed by atoms with Gasteiger partial charge in [-0.2, -0.15) is 0 Å². The first-order chi connectivity index (χ1) is 12.2. The van der Waals surface area contributed by atoms with Gasteiger partial charge in [0.15, 0.2) is 0 Å². The number of fused-ring (bicyclic) bond motifs is 2. The van der Waals surface area contributed by atoms with Crippen LogP contribution in [0.2, 0.25) is 0 Å². The molecule has 0 saturated heterocycles. The Morgan fingerprint density at radius 2 is 1.76 bits per heavy atom. The van der Waals surface area contributed by atoms with Gasteiger partial charge in [0.05, 0.1) is 11.0 Å². The molecule has 0 radical (unpaired) electrons. The van der Waals surface area contributed by atoms with Crippen molar-refractivity contribution in [3.05, 3.63) is 78.1 Å². The van der Waals surface area contributed by atoms with Crippen molar-refractivity contribution in [1.29, 1.82) is 0 Å². The van der Waals surface area contributed by atoms with Crippen LogP contribution in [0.3, 0.4) is 0 Å². The molecule has 4 heteroatoms. The number of carbonyl (C=O) groups is 1. The van der Waals surface area contributed by atoms with E-state index in [4.69, 9.17) is 0 Å². The minimum atomic E-state index is -0.0144. The summed E-state index contributed by atoms with van der Waals surface area (Å²) in [7, 11) is 0. The summed E-state index contributed by atoms with van der Waals surface area (Å²) in [6, 6.07) is 22.4. The summed E-state index contributed by atoms with van der Waals surface area (Å²) < 4.78 is 1.95. The molecule has 1 amide bonds. The Morgan fingerprint density at radius 1 is 1.00 bits per heavy atom. The molecule has 0 spiro atoms. The standard InChI is InChI=1S/C21H19N3O/c1-15-23-19-8-4-5-9-20(19)24(15)14-21(25)22-13-16-10-11-17-6-2-3-7-18(17)12-16/h2-12H,13-14H2,1H3,(H,22,25). The van der Waals surface area contributed by atoms with Gasteiger partial charge in [0.2, 0.25) is 5.91 Å². The Bertz CT molecular complexity index is 1070. The Morgan fingerprint density at radius 3 is 2.64 bits per heavy atom. The summed E-state index contributed by atoms with van der Waals surface area (Å²) in [5.74, 6) is 0.835. The molecule has 1 N–H and O–H groups in total. The molecular weight excluding hydrogens is 310 g/mol. The fourth-order valence-corrected chi connectivity index (χ4v) is 3.14. The van der Waals surface area contributed by atoms with Gasteiger partial charge in [-0.15, -0.1) is 0 Å². The molecule has 4 rings (SSSR count). The summed E-state index contributed by atoms with van der Waals surface area (Å²) in [4.78, 5) is 16.9. The summed E-state index contributed by atoms with van der Waals surface area (Å²) in [5, 5.41) is 5.40. The topological polar surface area (TPSA) is 46.9 Å². The van der Waals surface area contributed by atoms with E-state index >= 15 is 0 Å². The molecule has 3 aromatic carbocycles. The molecule has 1 aromatic heterocycles. The lowest BCUT2D eigenvalue weighted by molar-refractivity contribution is -0.121. The number of carbonyl (C=O) groups excluding carboxylic acids is 1. The van der Waals surface area contributed by atoms with Crippen LogP contribution in [0, 0.1) is 6.92 Å². The fourth-order valence-electron chi connectivity index (χ4n) is 3.14. The summed E-state index contributed by atoms with van der Waals surface area (Å²) in [6.45, 7) is 2.73. The molecule has 0 unspecified atom stereocenters. The first-order valence-corrected chi connectivity index (χ1v) is 8.37. The minimum absolute atomic E-state index is 0.0144. The number of nitrogens with one attached hydrogen (secondary N) is 1. The second-order valence-corrected chi connectivity index (χ2v) is 6.19. The number of nitrogens with zero attached hydrogens (tertiary/aromatic N) is 2. The predicted octanol–water partition coefficient (Wildman–Crippen LogP) is 3.81. The molecule has 4 nitrogen and oxygen atoms in total. The van der Waals surface area contributed by atoms with Crippen molar-refractivity contribution < 1.29 is 4.79 Å². The van der Waals surface area contributed by atoms with E-state index < -0.39 is 0 Å². The summed E-state index contributed by atoms with van der Waals surface area (Å²) >= 11 is 0. The van der Waals surface area contributed by atoms with Gasteiger partial charge in [0, 0.05) is 6.54 Å². The van der Waals surface area contributed by atoms with Gasteiger partial charge in [-0.1, -0.05) is 48.5 Å². The Balaban J connectivity index is 1.47. The molecule has 0 aliphatic carbocycles. The highest BCUT2D eigenvalue weighted by molar-refractivity contribution is 5.83. The molecule has 124 valence electrons. The molecule has 0 aliphatic heterocycles. The van der Waals surface area contributed by atoms with Crippen molar-refractivity contribution >= 4 is 27.7 Å². The highest BCUT2D eigenvalue weighted by Gasteiger charge is 2.10. The maximum Gasteiger partial charge on any atom is 0.240 e. The van der Waals surface area contributed by atoms with E-state index in [0.717, 1.165) is 22.4 Å². The van der Waals surface area contributed by atoms with Crippen LogP contribution in [0.5, 0.6) is 0 Å². The number of benzene rings is 3. The number of aromatic nitrogens is 2. The van der Waals surface area contributed by atoms with Crippen LogP contribution in [0.25, 0.3) is 21.8 Å². The van der Waals surface area contributed by atoms with Crippen LogP contribution >= 0.6 is 0 Å². The highest BCUT2D eigenvalue weighted by Crippen LogP contribution is 2.16. The molecule has 0 saturated carbocycles. The molecule has 0 bridgehead atoms. The molecule has 0 fully saturated rings. The SMILES string of the molecule is Cc1nc2ccccc2n1CC(=O)NCc1ccc2ccccc2c1. The van der Waals surface area contributed by atoms with Gasteiger partial charge in [-0.3, -0.25) is 4.79 Å².